The van der Waals surface area contributed by atoms with Crippen LogP contribution in [0.5, 0.6) is 0 Å². The highest BCUT2D eigenvalue weighted by Gasteiger charge is 2.52. The molecule has 0 saturated heterocycles. The minimum absolute atomic E-state index is 0.326. The van der Waals surface area contributed by atoms with E-state index in [9.17, 15) is 0 Å². The number of rotatable bonds is 1. The Bertz CT molecular complexity index is 1800. The van der Waals surface area contributed by atoms with Gasteiger partial charge in [-0.25, -0.2) is 0 Å². The Labute approximate surface area is 219 Å². The molecule has 1 spiro atoms. The number of fused-ring (bicyclic) bond motifs is 12. The van der Waals surface area contributed by atoms with Crippen molar-refractivity contribution >= 4 is 26.7 Å². The largest absolute Gasteiger partial charge is 0.0725 e. The Morgan fingerprint density at radius 2 is 0.917 bits per heavy atom. The molecule has 0 atom stereocenters. The maximum Gasteiger partial charge on any atom is 0.0725 e. The summed E-state index contributed by atoms with van der Waals surface area (Å²) in [6.07, 6.45) is 0. The molecule has 0 aromatic heterocycles. The summed E-state index contributed by atoms with van der Waals surface area (Å²) in [7, 11) is 0. The number of hydrogen-bond acceptors (Lipinski definition) is 0. The van der Waals surface area contributed by atoms with E-state index in [-0.39, 0.29) is 5.41 Å². The molecule has 0 saturated carbocycles. The zero-order valence-electron chi connectivity index (χ0n) is 19.5. The molecule has 1 heteroatoms. The Kier molecular flexibility index (Phi) is 4.10. The summed E-state index contributed by atoms with van der Waals surface area (Å²) in [6, 6.07) is 47.2. The molecule has 8 rings (SSSR count). The topological polar surface area (TPSA) is 0 Å². The summed E-state index contributed by atoms with van der Waals surface area (Å²) in [5.41, 5.74) is 13.1. The Balaban J connectivity index is 1.60. The van der Waals surface area contributed by atoms with Crippen molar-refractivity contribution in [1.82, 2.24) is 0 Å². The van der Waals surface area contributed by atoms with Crippen LogP contribution < -0.4 is 0 Å². The van der Waals surface area contributed by atoms with Gasteiger partial charge >= 0.3 is 0 Å². The first kappa shape index (κ1) is 20.3. The molecule has 0 heterocycles. The summed E-state index contributed by atoms with van der Waals surface area (Å²) in [5.74, 6) is 0. The second kappa shape index (κ2) is 7.29. The molecule has 168 valence electrons. The maximum atomic E-state index is 3.62. The van der Waals surface area contributed by atoms with Crippen molar-refractivity contribution in [2.24, 2.45) is 0 Å². The lowest BCUT2D eigenvalue weighted by molar-refractivity contribution is 0.794. The first-order valence-corrected chi connectivity index (χ1v) is 13.2. The highest BCUT2D eigenvalue weighted by atomic mass is 79.9. The van der Waals surface area contributed by atoms with Gasteiger partial charge in [-0.05, 0) is 84.6 Å². The van der Waals surface area contributed by atoms with Gasteiger partial charge in [0.05, 0.1) is 5.41 Å². The Morgan fingerprint density at radius 3 is 1.56 bits per heavy atom. The lowest BCUT2D eigenvalue weighted by atomic mass is 9.70. The van der Waals surface area contributed by atoms with Crippen molar-refractivity contribution in [3.05, 3.63) is 154 Å². The Hall–Kier alpha value is -3.94. The third-order valence-electron chi connectivity index (χ3n) is 8.16. The summed E-state index contributed by atoms with van der Waals surface area (Å²) in [5, 5.41) is 2.61. The Morgan fingerprint density at radius 1 is 0.417 bits per heavy atom. The molecule has 6 aromatic rings. The molecule has 0 fully saturated rings. The average molecular weight is 521 g/mol. The van der Waals surface area contributed by atoms with Gasteiger partial charge in [0, 0.05) is 4.47 Å². The van der Waals surface area contributed by atoms with E-state index in [0.29, 0.717) is 0 Å². The van der Waals surface area contributed by atoms with Crippen LogP contribution in [-0.4, -0.2) is 0 Å². The normalized spacial score (nSPS) is 13.9. The highest BCUT2D eigenvalue weighted by molar-refractivity contribution is 9.10. The third-order valence-corrected chi connectivity index (χ3v) is 8.69. The molecule has 0 radical (unpaired) electrons. The van der Waals surface area contributed by atoms with Crippen molar-refractivity contribution in [2.45, 2.75) is 5.41 Å². The molecule has 6 aromatic carbocycles. The molecule has 0 amide bonds. The van der Waals surface area contributed by atoms with Crippen LogP contribution in [0.3, 0.4) is 0 Å². The second-order valence-corrected chi connectivity index (χ2v) is 10.7. The summed E-state index contributed by atoms with van der Waals surface area (Å²) in [6.45, 7) is 0. The standard InChI is InChI=1S/C35H21Br/c36-23-19-17-22(18-20-23)29-21-33-34(27-12-2-1-9-24(27)29)28-13-5-8-16-32(28)35(33)30-14-6-3-10-25(30)26-11-4-7-15-31(26)35/h1-21H. The fourth-order valence-electron chi connectivity index (χ4n) is 6.82. The second-order valence-electron chi connectivity index (χ2n) is 9.79. The van der Waals surface area contributed by atoms with E-state index in [1.807, 2.05) is 0 Å². The average Bonchev–Trinajstić information content (AvgIpc) is 3.41. The fourth-order valence-corrected chi connectivity index (χ4v) is 7.08. The predicted octanol–water partition coefficient (Wildman–Crippen LogP) is 9.61. The van der Waals surface area contributed by atoms with Crippen molar-refractivity contribution in [3.8, 4) is 33.4 Å². The number of benzene rings is 6. The van der Waals surface area contributed by atoms with Crippen molar-refractivity contribution in [2.75, 3.05) is 0 Å². The molecule has 2 aliphatic carbocycles. The molecule has 0 bridgehead atoms. The minimum atomic E-state index is -0.326. The number of halogens is 1. The van der Waals surface area contributed by atoms with E-state index >= 15 is 0 Å². The molecule has 2 aliphatic rings. The molecule has 0 aliphatic heterocycles. The molecular weight excluding hydrogens is 500 g/mol. The van der Waals surface area contributed by atoms with Gasteiger partial charge in [-0.2, -0.15) is 0 Å². The zero-order chi connectivity index (χ0) is 23.9. The zero-order valence-corrected chi connectivity index (χ0v) is 21.1. The smallest absolute Gasteiger partial charge is 0.0619 e. The fraction of sp³-hybridized carbons (Fsp3) is 0.0286. The minimum Gasteiger partial charge on any atom is -0.0619 e. The van der Waals surface area contributed by atoms with Gasteiger partial charge in [-0.1, -0.05) is 125 Å². The van der Waals surface area contributed by atoms with Crippen molar-refractivity contribution in [1.29, 1.82) is 0 Å². The van der Waals surface area contributed by atoms with Crippen molar-refractivity contribution in [3.63, 3.8) is 0 Å². The van der Waals surface area contributed by atoms with Crippen LogP contribution in [-0.2, 0) is 5.41 Å². The van der Waals surface area contributed by atoms with Gasteiger partial charge in [0.15, 0.2) is 0 Å². The number of hydrogen-bond donors (Lipinski definition) is 0. The molecule has 0 nitrogen and oxygen atoms in total. The van der Waals surface area contributed by atoms with E-state index in [2.05, 4.69) is 143 Å². The van der Waals surface area contributed by atoms with Crippen LogP contribution in [0.1, 0.15) is 22.3 Å². The highest BCUT2D eigenvalue weighted by Crippen LogP contribution is 2.64. The van der Waals surface area contributed by atoms with Crippen LogP contribution in [0.15, 0.2) is 132 Å². The lowest BCUT2D eigenvalue weighted by Crippen LogP contribution is -2.25. The van der Waals surface area contributed by atoms with Crippen LogP contribution in [0.25, 0.3) is 44.2 Å². The third kappa shape index (κ3) is 2.44. The van der Waals surface area contributed by atoms with Crippen LogP contribution in [0.4, 0.5) is 0 Å². The predicted molar refractivity (Wildman–Crippen MR) is 153 cm³/mol. The first-order chi connectivity index (χ1) is 17.8. The van der Waals surface area contributed by atoms with E-state index in [1.165, 1.54) is 66.4 Å². The van der Waals surface area contributed by atoms with Gasteiger partial charge in [0.2, 0.25) is 0 Å². The maximum absolute atomic E-state index is 3.62. The molecule has 36 heavy (non-hydrogen) atoms. The first-order valence-electron chi connectivity index (χ1n) is 12.4. The lowest BCUT2D eigenvalue weighted by Gasteiger charge is -2.31. The van der Waals surface area contributed by atoms with Gasteiger partial charge in [0.1, 0.15) is 0 Å². The van der Waals surface area contributed by atoms with Crippen molar-refractivity contribution < 1.29 is 0 Å². The van der Waals surface area contributed by atoms with Gasteiger partial charge in [-0.3, -0.25) is 0 Å². The van der Waals surface area contributed by atoms with E-state index in [4.69, 9.17) is 0 Å². The summed E-state index contributed by atoms with van der Waals surface area (Å²) in [4.78, 5) is 0. The van der Waals surface area contributed by atoms with Gasteiger partial charge in [-0.15, -0.1) is 0 Å². The quantitative estimate of drug-likeness (QED) is 0.202. The summed E-state index contributed by atoms with van der Waals surface area (Å²) < 4.78 is 1.10. The van der Waals surface area contributed by atoms with Crippen LogP contribution in [0.2, 0.25) is 0 Å². The monoisotopic (exact) mass is 520 g/mol. The molecular formula is C35H21Br. The van der Waals surface area contributed by atoms with Gasteiger partial charge in [0.25, 0.3) is 0 Å². The summed E-state index contributed by atoms with van der Waals surface area (Å²) >= 11 is 3.62. The van der Waals surface area contributed by atoms with E-state index in [0.717, 1.165) is 4.47 Å². The molecule has 0 N–H and O–H groups in total. The van der Waals surface area contributed by atoms with E-state index in [1.54, 1.807) is 0 Å². The SMILES string of the molecule is Brc1ccc(-c2cc3c(c4ccccc24)-c2ccccc2C32c3ccccc3-c3ccccc32)cc1. The van der Waals surface area contributed by atoms with Crippen LogP contribution >= 0.6 is 15.9 Å². The van der Waals surface area contributed by atoms with Crippen LogP contribution in [0, 0.1) is 0 Å². The van der Waals surface area contributed by atoms with Gasteiger partial charge < -0.3 is 0 Å². The van der Waals surface area contributed by atoms with E-state index < -0.39 is 0 Å². The molecule has 0 unspecified atom stereocenters.